The van der Waals surface area contributed by atoms with Gasteiger partial charge in [-0.05, 0) is 24.3 Å². The van der Waals surface area contributed by atoms with Crippen molar-refractivity contribution < 1.29 is 74.4 Å². The van der Waals surface area contributed by atoms with Crippen molar-refractivity contribution >= 4 is 11.0 Å². The summed E-state index contributed by atoms with van der Waals surface area (Å²) in [4.78, 5) is 13.3. The Bertz CT molecular complexity index is 1490. The molecule has 16 nitrogen and oxygen atoms in total. The maximum atomic E-state index is 13.3. The van der Waals surface area contributed by atoms with E-state index in [0.29, 0.717) is 0 Å². The van der Waals surface area contributed by atoms with Gasteiger partial charge in [0.1, 0.15) is 59.6 Å². The monoisotopic (exact) mass is 596 g/mol. The van der Waals surface area contributed by atoms with Crippen LogP contribution < -0.4 is 14.9 Å². The molecule has 0 aliphatic carbocycles. The molecule has 2 saturated heterocycles. The van der Waals surface area contributed by atoms with E-state index >= 15 is 0 Å². The standard InChI is InChI=1S/C26H28O16/c27-6-13-16(32)18(34)20(36)26(40-13)41-23-17(33)14-10(29)5-12(8-1-3-9(28)4-2-8)39-22(14)24(21(23)37)42-25-19(35)15(31)11(30)7-38-25/h1-5,11,13,15-16,18-20,25-28,30-37H,6-7H2/t11-,13-,15-,16+,18+,19-,20-,25+,26+/m1/s1. The number of hydrogen-bond donors (Lipinski definition) is 10. The van der Waals surface area contributed by atoms with Crippen LogP contribution in [0.5, 0.6) is 28.7 Å². The summed E-state index contributed by atoms with van der Waals surface area (Å²) < 4.78 is 27.3. The van der Waals surface area contributed by atoms with Gasteiger partial charge in [0.25, 0.3) is 0 Å². The van der Waals surface area contributed by atoms with E-state index in [1.54, 1.807) is 0 Å². The van der Waals surface area contributed by atoms with Crippen molar-refractivity contribution in [3.63, 3.8) is 0 Å². The third-order valence-electron chi connectivity index (χ3n) is 6.96. The Morgan fingerprint density at radius 2 is 1.43 bits per heavy atom. The van der Waals surface area contributed by atoms with Crippen LogP contribution in [0.15, 0.2) is 39.5 Å². The highest BCUT2D eigenvalue weighted by atomic mass is 16.7. The first-order valence-electron chi connectivity index (χ1n) is 12.6. The van der Waals surface area contributed by atoms with Crippen molar-refractivity contribution in [1.82, 2.24) is 0 Å². The third-order valence-corrected chi connectivity index (χ3v) is 6.96. The van der Waals surface area contributed by atoms with E-state index in [1.807, 2.05) is 0 Å². The van der Waals surface area contributed by atoms with E-state index in [9.17, 15) is 55.9 Å². The highest BCUT2D eigenvalue weighted by Gasteiger charge is 2.46. The molecule has 42 heavy (non-hydrogen) atoms. The smallest absolute Gasteiger partial charge is 0.229 e. The van der Waals surface area contributed by atoms with Crippen LogP contribution in [0.1, 0.15) is 0 Å². The summed E-state index contributed by atoms with van der Waals surface area (Å²) in [6.45, 7) is -1.32. The molecule has 3 aromatic rings. The molecule has 0 radical (unpaired) electrons. The summed E-state index contributed by atoms with van der Waals surface area (Å²) in [5.41, 5.74) is -1.20. The lowest BCUT2D eigenvalue weighted by atomic mass is 9.99. The molecular weight excluding hydrogens is 568 g/mol. The molecular formula is C26H28O16. The molecule has 0 saturated carbocycles. The number of phenols is 3. The van der Waals surface area contributed by atoms with Gasteiger partial charge >= 0.3 is 0 Å². The third kappa shape index (κ3) is 5.19. The largest absolute Gasteiger partial charge is 0.508 e. The number of benzene rings is 2. The van der Waals surface area contributed by atoms with Gasteiger partial charge in [0.05, 0.1) is 13.2 Å². The molecule has 0 spiro atoms. The van der Waals surface area contributed by atoms with Gasteiger partial charge < -0.3 is 74.4 Å². The topological polar surface area (TPSA) is 269 Å². The summed E-state index contributed by atoms with van der Waals surface area (Å²) in [7, 11) is 0. The van der Waals surface area contributed by atoms with Crippen LogP contribution in [0.3, 0.4) is 0 Å². The normalized spacial score (nSPS) is 31.6. The molecule has 228 valence electrons. The second kappa shape index (κ2) is 11.5. The molecule has 2 fully saturated rings. The minimum Gasteiger partial charge on any atom is -0.508 e. The van der Waals surface area contributed by atoms with E-state index in [-0.39, 0.29) is 17.1 Å². The van der Waals surface area contributed by atoms with Gasteiger partial charge in [0.2, 0.25) is 29.8 Å². The Morgan fingerprint density at radius 1 is 0.786 bits per heavy atom. The van der Waals surface area contributed by atoms with Crippen molar-refractivity contribution in [2.75, 3.05) is 13.2 Å². The van der Waals surface area contributed by atoms with Crippen molar-refractivity contribution in [3.05, 3.63) is 40.6 Å². The minimum absolute atomic E-state index is 0.0830. The summed E-state index contributed by atoms with van der Waals surface area (Å²) >= 11 is 0. The van der Waals surface area contributed by atoms with Gasteiger partial charge in [-0.15, -0.1) is 0 Å². The number of phenolic OH excluding ortho intramolecular Hbond substituents is 3. The fourth-order valence-corrected chi connectivity index (χ4v) is 4.58. The van der Waals surface area contributed by atoms with Crippen molar-refractivity contribution in [2.24, 2.45) is 0 Å². The highest BCUT2D eigenvalue weighted by molar-refractivity contribution is 5.95. The number of fused-ring (bicyclic) bond motifs is 1. The van der Waals surface area contributed by atoms with E-state index in [4.69, 9.17) is 23.4 Å². The molecule has 2 aliphatic heterocycles. The number of rotatable bonds is 6. The molecule has 2 aromatic carbocycles. The number of aliphatic hydroxyl groups is 7. The molecule has 9 atom stereocenters. The van der Waals surface area contributed by atoms with E-state index in [1.165, 1.54) is 24.3 Å². The number of aliphatic hydroxyl groups excluding tert-OH is 7. The minimum atomic E-state index is -1.98. The summed E-state index contributed by atoms with van der Waals surface area (Å²) in [6.07, 6.45) is -15.8. The van der Waals surface area contributed by atoms with Crippen LogP contribution >= 0.6 is 0 Å². The van der Waals surface area contributed by atoms with Gasteiger partial charge in [-0.2, -0.15) is 0 Å². The Morgan fingerprint density at radius 3 is 2.10 bits per heavy atom. The Hall–Kier alpha value is -3.71. The van der Waals surface area contributed by atoms with E-state index < -0.39 is 108 Å². The fraction of sp³-hybridized carbons (Fsp3) is 0.423. The van der Waals surface area contributed by atoms with Crippen LogP contribution in [-0.2, 0) is 9.47 Å². The Labute approximate surface area is 235 Å². The van der Waals surface area contributed by atoms with Gasteiger partial charge in [0.15, 0.2) is 16.8 Å². The second-order valence-corrected chi connectivity index (χ2v) is 9.76. The zero-order chi connectivity index (χ0) is 30.5. The Balaban J connectivity index is 1.66. The first-order valence-corrected chi connectivity index (χ1v) is 12.6. The fourth-order valence-electron chi connectivity index (χ4n) is 4.58. The molecule has 5 rings (SSSR count). The molecule has 0 unspecified atom stereocenters. The quantitative estimate of drug-likeness (QED) is 0.142. The first kappa shape index (κ1) is 29.8. The lowest BCUT2D eigenvalue weighted by molar-refractivity contribution is -0.277. The molecule has 0 bridgehead atoms. The zero-order valence-corrected chi connectivity index (χ0v) is 21.4. The first-order chi connectivity index (χ1) is 19.9. The predicted octanol–water partition coefficient (Wildman–Crippen LogP) is -2.43. The lowest BCUT2D eigenvalue weighted by Crippen LogP contribution is -2.60. The number of aromatic hydroxyl groups is 3. The second-order valence-electron chi connectivity index (χ2n) is 9.76. The molecule has 10 N–H and O–H groups in total. The van der Waals surface area contributed by atoms with Gasteiger partial charge in [0, 0.05) is 11.6 Å². The predicted molar refractivity (Wildman–Crippen MR) is 136 cm³/mol. The van der Waals surface area contributed by atoms with Crippen molar-refractivity contribution in [1.29, 1.82) is 0 Å². The van der Waals surface area contributed by atoms with Crippen LogP contribution in [0.25, 0.3) is 22.3 Å². The summed E-state index contributed by atoms with van der Waals surface area (Å²) in [6, 6.07) is 6.40. The lowest BCUT2D eigenvalue weighted by Gasteiger charge is -2.39. The highest BCUT2D eigenvalue weighted by Crippen LogP contribution is 2.51. The maximum Gasteiger partial charge on any atom is 0.229 e. The number of ether oxygens (including phenoxy) is 4. The van der Waals surface area contributed by atoms with Crippen LogP contribution in [0, 0.1) is 0 Å². The molecule has 0 amide bonds. The van der Waals surface area contributed by atoms with Gasteiger partial charge in [-0.1, -0.05) is 0 Å². The van der Waals surface area contributed by atoms with E-state index in [2.05, 4.69) is 0 Å². The van der Waals surface area contributed by atoms with Crippen LogP contribution in [-0.4, -0.2) is 120 Å². The van der Waals surface area contributed by atoms with Crippen LogP contribution in [0.2, 0.25) is 0 Å². The van der Waals surface area contributed by atoms with Crippen molar-refractivity contribution in [3.8, 4) is 40.1 Å². The summed E-state index contributed by atoms with van der Waals surface area (Å²) in [5, 5.41) is 102. The average molecular weight is 596 g/mol. The van der Waals surface area contributed by atoms with Gasteiger partial charge in [-0.25, -0.2) is 0 Å². The van der Waals surface area contributed by atoms with Crippen LogP contribution in [0.4, 0.5) is 0 Å². The summed E-state index contributed by atoms with van der Waals surface area (Å²) in [5.74, 6) is -4.00. The molecule has 16 heteroatoms. The van der Waals surface area contributed by atoms with Gasteiger partial charge in [-0.3, -0.25) is 4.79 Å². The molecule has 3 heterocycles. The van der Waals surface area contributed by atoms with E-state index in [0.717, 1.165) is 6.07 Å². The molecule has 1 aromatic heterocycles. The zero-order valence-electron chi connectivity index (χ0n) is 21.4. The number of hydrogen-bond acceptors (Lipinski definition) is 16. The molecule has 2 aliphatic rings. The maximum absolute atomic E-state index is 13.3. The SMILES string of the molecule is O=c1cc(-c2ccc(O)cc2)oc2c(O[C@@H]3OC[C@@H](O)[C@@H](O)[C@H]3O)c(O)c(O[C@@H]3O[C@H](CO)[C@H](O)[C@H](O)[C@H]3O)c(O)c12. The average Bonchev–Trinajstić information content (AvgIpc) is 2.97. The Kier molecular flexibility index (Phi) is 8.17. The van der Waals surface area contributed by atoms with Crippen molar-refractivity contribution in [2.45, 2.75) is 55.3 Å².